The minimum atomic E-state index is -0.580. The molecule has 1 aliphatic carbocycles. The second-order valence-electron chi connectivity index (χ2n) is 11.2. The number of nitrogens with zero attached hydrogens (tertiary/aromatic N) is 4. The molecule has 2 aliphatic rings. The highest BCUT2D eigenvalue weighted by Crippen LogP contribution is 2.63. The van der Waals surface area contributed by atoms with E-state index < -0.39 is 11.7 Å². The zero-order chi connectivity index (χ0) is 29.0. The van der Waals surface area contributed by atoms with Crippen LogP contribution in [0.5, 0.6) is 5.75 Å². The molecule has 0 radical (unpaired) electrons. The normalized spacial score (nSPS) is 22.0. The molecule has 5 rings (SSSR count). The van der Waals surface area contributed by atoms with Gasteiger partial charge >= 0.3 is 6.09 Å². The zero-order valence-corrected chi connectivity index (χ0v) is 24.9. The number of rotatable bonds is 6. The van der Waals surface area contributed by atoms with E-state index in [4.69, 9.17) is 44.1 Å². The van der Waals surface area contributed by atoms with Crippen molar-refractivity contribution >= 4 is 58.0 Å². The lowest BCUT2D eigenvalue weighted by Crippen LogP contribution is -2.38. The van der Waals surface area contributed by atoms with Gasteiger partial charge in [0.25, 0.3) is 0 Å². The average molecular weight is 605 g/mol. The third-order valence-corrected chi connectivity index (χ3v) is 9.47. The van der Waals surface area contributed by atoms with E-state index in [-0.39, 0.29) is 49.9 Å². The largest absolute Gasteiger partial charge is 0.506 e. The Morgan fingerprint density at radius 2 is 2.05 bits per heavy atom. The van der Waals surface area contributed by atoms with Crippen LogP contribution >= 0.6 is 34.5 Å². The molecule has 3 unspecified atom stereocenters. The van der Waals surface area contributed by atoms with Gasteiger partial charge in [-0.3, -0.25) is 5.41 Å². The van der Waals surface area contributed by atoms with Gasteiger partial charge in [0.05, 0.1) is 16.9 Å². The summed E-state index contributed by atoms with van der Waals surface area (Å²) in [6, 6.07) is 2.85. The third kappa shape index (κ3) is 5.17. The highest BCUT2D eigenvalue weighted by Gasteiger charge is 2.68. The number of carbonyl (C=O) groups is 1. The minimum absolute atomic E-state index is 0.0422. The van der Waals surface area contributed by atoms with E-state index in [1.54, 1.807) is 17.5 Å². The van der Waals surface area contributed by atoms with Gasteiger partial charge in [0, 0.05) is 41.7 Å². The van der Waals surface area contributed by atoms with Crippen LogP contribution in [-0.2, 0) is 10.2 Å². The molecular weight excluding hydrogens is 573 g/mol. The van der Waals surface area contributed by atoms with Crippen LogP contribution in [0.15, 0.2) is 23.7 Å². The van der Waals surface area contributed by atoms with Gasteiger partial charge in [-0.25, -0.2) is 19.7 Å². The van der Waals surface area contributed by atoms with Crippen molar-refractivity contribution in [3.63, 3.8) is 0 Å². The number of fused-ring (bicyclic) bond motifs is 1. The van der Waals surface area contributed by atoms with Crippen molar-refractivity contribution in [2.24, 2.45) is 11.8 Å². The molecule has 13 heteroatoms. The molecule has 1 amide bonds. The van der Waals surface area contributed by atoms with Gasteiger partial charge in [-0.1, -0.05) is 23.2 Å². The van der Waals surface area contributed by atoms with Crippen LogP contribution in [0.25, 0.3) is 0 Å². The molecule has 1 aromatic carbocycles. The Morgan fingerprint density at radius 3 is 2.70 bits per heavy atom. The first kappa shape index (κ1) is 28.4. The number of anilines is 2. The SMILES string of the molecule is Cc1csc(C2(CNC(=O)OC(C)(C)C)C3CCN(c4cnc(C(=N)c5ccc(O)c(Cl)c5Cl)c(N)n4)CC32)n1. The number of nitrogens with two attached hydrogens (primary N) is 1. The fraction of sp³-hybridized carbons (Fsp3) is 0.444. The molecule has 2 fully saturated rings. The van der Waals surface area contributed by atoms with Crippen LogP contribution < -0.4 is 16.0 Å². The first-order valence-electron chi connectivity index (χ1n) is 12.8. The van der Waals surface area contributed by atoms with E-state index in [0.29, 0.717) is 24.8 Å². The summed E-state index contributed by atoms with van der Waals surface area (Å²) in [7, 11) is 0. The van der Waals surface area contributed by atoms with E-state index in [0.717, 1.165) is 23.7 Å². The van der Waals surface area contributed by atoms with E-state index >= 15 is 0 Å². The quantitative estimate of drug-likeness (QED) is 0.282. The number of nitrogens with one attached hydrogen (secondary N) is 2. The highest BCUT2D eigenvalue weighted by atomic mass is 35.5. The summed E-state index contributed by atoms with van der Waals surface area (Å²) in [6.07, 6.45) is 2.06. The second kappa shape index (κ2) is 10.4. The van der Waals surface area contributed by atoms with E-state index in [1.165, 1.54) is 12.1 Å². The second-order valence-corrected chi connectivity index (χ2v) is 12.8. The Labute approximate surface area is 246 Å². The number of alkyl carbamates (subject to hydrolysis) is 1. The van der Waals surface area contributed by atoms with Gasteiger partial charge in [0.2, 0.25) is 0 Å². The summed E-state index contributed by atoms with van der Waals surface area (Å²) in [5.41, 5.74) is 6.79. The predicted octanol–water partition coefficient (Wildman–Crippen LogP) is 5.17. The summed E-state index contributed by atoms with van der Waals surface area (Å²) in [6.45, 7) is 9.38. The molecule has 0 spiro atoms. The number of aromatic nitrogens is 3. The monoisotopic (exact) mass is 603 g/mol. The summed E-state index contributed by atoms with van der Waals surface area (Å²) in [5, 5.41) is 24.4. The van der Waals surface area contributed by atoms with E-state index in [2.05, 4.69) is 20.2 Å². The van der Waals surface area contributed by atoms with Crippen LogP contribution in [0.1, 0.15) is 49.2 Å². The number of hydrogen-bond acceptors (Lipinski definition) is 10. The molecule has 40 heavy (non-hydrogen) atoms. The maximum Gasteiger partial charge on any atom is 0.407 e. The minimum Gasteiger partial charge on any atom is -0.506 e. The lowest BCUT2D eigenvalue weighted by Gasteiger charge is -2.27. The first-order chi connectivity index (χ1) is 18.8. The predicted molar refractivity (Wildman–Crippen MR) is 157 cm³/mol. The Morgan fingerprint density at radius 1 is 1.30 bits per heavy atom. The standard InChI is InChI=1S/C27H31Cl2N7O3S/c1-13-11-40-24(34-13)27(12-33-25(38)39-26(2,3)4)15-7-8-36(10-16(15)27)18-9-32-22(23(31)35-18)21(30)14-5-6-17(37)20(29)19(14)28/h5-6,9,11,15-16,30,37H,7-8,10,12H2,1-4H3,(H2,31,35)(H,33,38). The van der Waals surface area contributed by atoms with Crippen molar-refractivity contribution in [3.05, 3.63) is 55.7 Å². The molecule has 0 bridgehead atoms. The van der Waals surface area contributed by atoms with Crippen molar-refractivity contribution < 1.29 is 14.6 Å². The number of carbonyl (C=O) groups excluding carboxylic acids is 1. The van der Waals surface area contributed by atoms with Gasteiger partial charge in [-0.05, 0) is 58.1 Å². The van der Waals surface area contributed by atoms with E-state index in [1.807, 2.05) is 33.1 Å². The number of phenols is 1. The summed E-state index contributed by atoms with van der Waals surface area (Å²) >= 11 is 13.9. The van der Waals surface area contributed by atoms with Crippen LogP contribution in [0.2, 0.25) is 10.0 Å². The Bertz CT molecular complexity index is 1490. The number of amides is 1. The van der Waals surface area contributed by atoms with Gasteiger partial charge in [0.1, 0.15) is 32.9 Å². The Balaban J connectivity index is 1.35. The van der Waals surface area contributed by atoms with Gasteiger partial charge in [0.15, 0.2) is 5.82 Å². The fourth-order valence-electron chi connectivity index (χ4n) is 5.54. The van der Waals surface area contributed by atoms with Crippen molar-refractivity contribution in [1.29, 1.82) is 5.41 Å². The summed E-state index contributed by atoms with van der Waals surface area (Å²) < 4.78 is 5.49. The highest BCUT2D eigenvalue weighted by molar-refractivity contribution is 7.09. The van der Waals surface area contributed by atoms with Gasteiger partial charge < -0.3 is 25.8 Å². The summed E-state index contributed by atoms with van der Waals surface area (Å²) in [4.78, 5) is 28.5. The van der Waals surface area contributed by atoms with Crippen LogP contribution in [0.4, 0.5) is 16.4 Å². The van der Waals surface area contributed by atoms with Crippen LogP contribution in [-0.4, -0.2) is 57.1 Å². The van der Waals surface area contributed by atoms with Crippen LogP contribution in [0, 0.1) is 24.2 Å². The summed E-state index contributed by atoms with van der Waals surface area (Å²) in [5.74, 6) is 1.14. The lowest BCUT2D eigenvalue weighted by molar-refractivity contribution is 0.0521. The number of ether oxygens (including phenoxy) is 1. The number of phenolic OH excluding ortho intramolecular Hbond substituents is 1. The fourth-order valence-corrected chi connectivity index (χ4v) is 7.08. The number of halogens is 2. The maximum absolute atomic E-state index is 12.5. The number of benzene rings is 1. The van der Waals surface area contributed by atoms with Crippen LogP contribution in [0.3, 0.4) is 0 Å². The topological polar surface area (TPSA) is 150 Å². The Hall–Kier alpha value is -3.15. The molecule has 3 heterocycles. The van der Waals surface area contributed by atoms with Crippen molar-refractivity contribution in [1.82, 2.24) is 20.3 Å². The molecule has 5 N–H and O–H groups in total. The Kier molecular flexibility index (Phi) is 7.35. The van der Waals surface area contributed by atoms with Crippen molar-refractivity contribution in [2.45, 2.75) is 45.1 Å². The number of thiazole rings is 1. The lowest BCUT2D eigenvalue weighted by atomic mass is 10.0. The third-order valence-electron chi connectivity index (χ3n) is 7.45. The number of nitrogen functional groups attached to an aromatic ring is 1. The smallest absolute Gasteiger partial charge is 0.407 e. The zero-order valence-electron chi connectivity index (χ0n) is 22.6. The molecule has 2 aromatic heterocycles. The number of piperidine rings is 1. The molecule has 3 aromatic rings. The van der Waals surface area contributed by atoms with Gasteiger partial charge in [-0.2, -0.15) is 0 Å². The molecule has 10 nitrogen and oxygen atoms in total. The maximum atomic E-state index is 12.5. The van der Waals surface area contributed by atoms with Crippen molar-refractivity contribution in [3.8, 4) is 5.75 Å². The molecular formula is C27H31Cl2N7O3S. The molecule has 1 saturated heterocycles. The van der Waals surface area contributed by atoms with E-state index in [9.17, 15) is 9.90 Å². The number of aryl methyl sites for hydroxylation is 1. The number of hydrogen-bond donors (Lipinski definition) is 4. The first-order valence-corrected chi connectivity index (χ1v) is 14.5. The number of aromatic hydroxyl groups is 1. The molecule has 1 saturated carbocycles. The van der Waals surface area contributed by atoms with Gasteiger partial charge in [-0.15, -0.1) is 11.3 Å². The average Bonchev–Trinajstić information content (AvgIpc) is 3.32. The molecule has 212 valence electrons. The molecule has 3 atom stereocenters. The molecule has 1 aliphatic heterocycles. The van der Waals surface area contributed by atoms with Crippen molar-refractivity contribution in [2.75, 3.05) is 30.3 Å².